The molecule has 0 aliphatic carbocycles. The number of nitriles is 1. The van der Waals surface area contributed by atoms with E-state index in [1.54, 1.807) is 0 Å². The van der Waals surface area contributed by atoms with E-state index >= 15 is 0 Å². The van der Waals surface area contributed by atoms with E-state index in [9.17, 15) is 5.26 Å². The van der Waals surface area contributed by atoms with E-state index in [4.69, 9.17) is 8.83 Å². The molecule has 58 heavy (non-hydrogen) atoms. The van der Waals surface area contributed by atoms with Crippen LogP contribution in [0.4, 0.5) is 34.1 Å². The van der Waals surface area contributed by atoms with Gasteiger partial charge in [-0.05, 0) is 76.6 Å². The van der Waals surface area contributed by atoms with Gasteiger partial charge >= 0.3 is 0 Å². The summed E-state index contributed by atoms with van der Waals surface area (Å²) >= 11 is 0. The summed E-state index contributed by atoms with van der Waals surface area (Å²) in [5.74, 6) is 0. The fraction of sp³-hybridized carbons (Fsp3) is 0. The maximum Gasteiger partial charge on any atom is 0.297 e. The van der Waals surface area contributed by atoms with Crippen molar-refractivity contribution >= 4 is 112 Å². The molecule has 0 fully saturated rings. The molecule has 266 valence electrons. The molecule has 0 radical (unpaired) electrons. The monoisotopic (exact) mass is 738 g/mol. The zero-order valence-electron chi connectivity index (χ0n) is 30.8. The number of benzene rings is 8. The highest BCUT2D eigenvalue weighted by Gasteiger charge is 2.49. The minimum absolute atomic E-state index is 0.264. The minimum Gasteiger partial charge on any atom is -0.468 e. The highest BCUT2D eigenvalue weighted by Crippen LogP contribution is 2.54. The average Bonchev–Trinajstić information content (AvgIpc) is 3.96. The maximum atomic E-state index is 10.9. The van der Waals surface area contributed by atoms with E-state index in [2.05, 4.69) is 166 Å². The van der Waals surface area contributed by atoms with Crippen molar-refractivity contribution in [2.24, 2.45) is 0 Å². The molecule has 3 aliphatic rings. The second-order valence-electron chi connectivity index (χ2n) is 15.5. The van der Waals surface area contributed by atoms with Crippen LogP contribution in [0.15, 0.2) is 173 Å². The lowest BCUT2D eigenvalue weighted by atomic mass is 9.35. The second kappa shape index (κ2) is 10.7. The molecule has 7 heteroatoms. The van der Waals surface area contributed by atoms with Gasteiger partial charge in [-0.1, -0.05) is 109 Å². The Kier molecular flexibility index (Phi) is 5.57. The predicted molar refractivity (Wildman–Crippen MR) is 236 cm³/mol. The van der Waals surface area contributed by atoms with Gasteiger partial charge in [0.2, 0.25) is 0 Å². The Morgan fingerprint density at radius 3 is 2.03 bits per heavy atom. The van der Waals surface area contributed by atoms with Crippen molar-refractivity contribution in [3.05, 3.63) is 169 Å². The molecule has 6 nitrogen and oxygen atoms in total. The van der Waals surface area contributed by atoms with Crippen molar-refractivity contribution in [2.45, 2.75) is 0 Å². The molecule has 0 unspecified atom stereocenters. The van der Waals surface area contributed by atoms with Crippen LogP contribution < -0.4 is 26.4 Å². The van der Waals surface area contributed by atoms with Crippen molar-refractivity contribution in [2.75, 3.05) is 9.80 Å². The van der Waals surface area contributed by atoms with Crippen molar-refractivity contribution < 1.29 is 8.83 Å². The Morgan fingerprint density at radius 2 is 1.17 bits per heavy atom. The first-order valence-electron chi connectivity index (χ1n) is 19.6. The number of anilines is 6. The van der Waals surface area contributed by atoms with E-state index in [0.29, 0.717) is 5.56 Å². The molecule has 6 heterocycles. The highest BCUT2D eigenvalue weighted by molar-refractivity contribution is 7.00. The molecule has 0 N–H and O–H groups in total. The smallest absolute Gasteiger partial charge is 0.297 e. The van der Waals surface area contributed by atoms with Gasteiger partial charge in [-0.15, -0.1) is 0 Å². The topological polar surface area (TPSA) is 61.5 Å². The average molecular weight is 739 g/mol. The van der Waals surface area contributed by atoms with Gasteiger partial charge in [0.25, 0.3) is 6.71 Å². The van der Waals surface area contributed by atoms with Gasteiger partial charge in [0, 0.05) is 38.3 Å². The normalized spacial score (nSPS) is 13.4. The molecule has 14 rings (SSSR count). The molecular formula is C51H27BN4O2. The van der Waals surface area contributed by atoms with Crippen LogP contribution in [0.1, 0.15) is 5.56 Å². The van der Waals surface area contributed by atoms with Gasteiger partial charge in [0.05, 0.1) is 56.8 Å². The SMILES string of the molecule is N#Cc1cc2c3c(c1)N1c4c(cccc4-n4c5ccccc5c5cccc1c54)B3c1oc3ccc(-c4ccccc4)cc3c1N2c1cccc2c1oc1ccccc12. The van der Waals surface area contributed by atoms with E-state index in [1.165, 1.54) is 16.3 Å². The summed E-state index contributed by atoms with van der Waals surface area (Å²) in [5.41, 5.74) is 17.7. The van der Waals surface area contributed by atoms with E-state index in [-0.39, 0.29) is 6.71 Å². The predicted octanol–water partition coefficient (Wildman–Crippen LogP) is 11.4. The van der Waals surface area contributed by atoms with Crippen LogP contribution >= 0.6 is 0 Å². The molecule has 11 aromatic rings. The summed E-state index contributed by atoms with van der Waals surface area (Å²) in [7, 11) is 0. The Bertz CT molecular complexity index is 3680. The number of hydrogen-bond acceptors (Lipinski definition) is 5. The fourth-order valence-electron chi connectivity index (χ4n) is 10.4. The van der Waals surface area contributed by atoms with Crippen LogP contribution in [-0.2, 0) is 0 Å². The Labute approximate surface area is 331 Å². The van der Waals surface area contributed by atoms with Gasteiger partial charge in [0.1, 0.15) is 11.2 Å². The van der Waals surface area contributed by atoms with Crippen molar-refractivity contribution in [3.63, 3.8) is 0 Å². The molecular weight excluding hydrogens is 711 g/mol. The van der Waals surface area contributed by atoms with Gasteiger partial charge in [0.15, 0.2) is 5.58 Å². The van der Waals surface area contributed by atoms with Crippen LogP contribution in [0.2, 0.25) is 0 Å². The minimum atomic E-state index is -0.264. The number of fused-ring (bicyclic) bond motifs is 14. The summed E-state index contributed by atoms with van der Waals surface area (Å²) in [6.07, 6.45) is 0. The molecule has 0 amide bonds. The van der Waals surface area contributed by atoms with E-state index < -0.39 is 0 Å². The lowest BCUT2D eigenvalue weighted by molar-refractivity contribution is 0.651. The zero-order chi connectivity index (χ0) is 37.8. The number of nitrogens with zero attached hydrogens (tertiary/aromatic N) is 4. The Balaban J connectivity index is 1.15. The number of hydrogen-bond donors (Lipinski definition) is 0. The fourth-order valence-corrected chi connectivity index (χ4v) is 10.4. The van der Waals surface area contributed by atoms with Crippen molar-refractivity contribution in [1.29, 1.82) is 5.26 Å². The molecule has 8 aromatic carbocycles. The highest BCUT2D eigenvalue weighted by atomic mass is 16.3. The molecule has 0 spiro atoms. The lowest BCUT2D eigenvalue weighted by Crippen LogP contribution is -2.61. The molecule has 3 aromatic heterocycles. The third kappa shape index (κ3) is 3.64. The van der Waals surface area contributed by atoms with Crippen LogP contribution in [0.5, 0.6) is 0 Å². The number of aromatic nitrogens is 1. The Hall–Kier alpha value is -7.95. The molecule has 0 saturated heterocycles. The van der Waals surface area contributed by atoms with Gasteiger partial charge in [-0.25, -0.2) is 0 Å². The molecule has 0 atom stereocenters. The largest absolute Gasteiger partial charge is 0.468 e. The second-order valence-corrected chi connectivity index (χ2v) is 15.5. The van der Waals surface area contributed by atoms with Crippen LogP contribution in [0.25, 0.3) is 71.5 Å². The summed E-state index contributed by atoms with van der Waals surface area (Å²) in [6.45, 7) is -0.264. The third-order valence-electron chi connectivity index (χ3n) is 12.7. The number of rotatable bonds is 2. The van der Waals surface area contributed by atoms with Crippen molar-refractivity contribution in [1.82, 2.24) is 4.57 Å². The van der Waals surface area contributed by atoms with Crippen LogP contribution in [0.3, 0.4) is 0 Å². The zero-order valence-corrected chi connectivity index (χ0v) is 30.8. The van der Waals surface area contributed by atoms with Crippen LogP contribution in [0, 0.1) is 11.3 Å². The first-order valence-corrected chi connectivity index (χ1v) is 19.6. The van der Waals surface area contributed by atoms with Gasteiger partial charge in [-0.3, -0.25) is 0 Å². The third-order valence-corrected chi connectivity index (χ3v) is 12.7. The van der Waals surface area contributed by atoms with E-state index in [1.807, 2.05) is 18.2 Å². The van der Waals surface area contributed by atoms with E-state index in [0.717, 1.165) is 106 Å². The van der Waals surface area contributed by atoms with Gasteiger partial charge < -0.3 is 23.2 Å². The van der Waals surface area contributed by atoms with Crippen LogP contribution in [-0.4, -0.2) is 11.3 Å². The maximum absolute atomic E-state index is 10.9. The number of para-hydroxylation sites is 5. The summed E-state index contributed by atoms with van der Waals surface area (Å²) in [4.78, 5) is 4.72. The Morgan fingerprint density at radius 1 is 0.483 bits per heavy atom. The quantitative estimate of drug-likeness (QED) is 0.165. The van der Waals surface area contributed by atoms with Crippen molar-refractivity contribution in [3.8, 4) is 22.9 Å². The molecule has 0 saturated carbocycles. The van der Waals surface area contributed by atoms with Gasteiger partial charge in [-0.2, -0.15) is 5.26 Å². The summed E-state index contributed by atoms with van der Waals surface area (Å²) in [5, 5.41) is 16.4. The molecule has 3 aliphatic heterocycles. The molecule has 0 bridgehead atoms. The standard InChI is InChI=1S/C51H27BN4O2/c53-28-29-25-42-46-43(26-29)56(41-21-9-16-35-33-14-5-7-22-44(33)57-50(35)41)48-36-27-31(30-11-2-1-3-12-30)23-24-45(36)58-51(48)52(46)37-17-10-20-40-49(37)55(42)39-19-8-15-34-32-13-4-6-18-38(32)54(40)47(34)39/h1-27H. The number of furan rings is 2. The first-order chi connectivity index (χ1) is 28.7. The summed E-state index contributed by atoms with van der Waals surface area (Å²) < 4.78 is 16.4. The first kappa shape index (κ1) is 30.3. The summed E-state index contributed by atoms with van der Waals surface area (Å²) in [6, 6.07) is 60.2. The lowest BCUT2D eigenvalue weighted by Gasteiger charge is -2.44.